The normalized spacial score (nSPS) is 30.5. The van der Waals surface area contributed by atoms with Crippen LogP contribution in [-0.2, 0) is 139 Å². The van der Waals surface area contributed by atoms with Crippen molar-refractivity contribution in [1.82, 2.24) is 0 Å². The molecule has 27 nitrogen and oxygen atoms in total. The molecule has 3 aliphatic rings. The van der Waals surface area contributed by atoms with E-state index in [1.54, 1.807) is 6.07 Å². The number of carbonyl (C=O) groups excluding carboxylic acids is 10. The molecule has 3 heterocycles. The molecule has 1 aromatic rings. The SMILES string of the molecule is CC(=O)OCC1OC(OC2C(COC(C)=O)OC(OC3C(COC(C)=O)OC(S(=O)(=S)Oc4ccccc4)C(OC(C)=O)C3OC(C)=O)C(OC(C)=O)C2OC(C)=O)C(OC(C)=O)C(OC(C)=O)C1OC(C)=O. The van der Waals surface area contributed by atoms with Gasteiger partial charge in [0.15, 0.2) is 55.3 Å². The van der Waals surface area contributed by atoms with Gasteiger partial charge in [0, 0.05) is 80.4 Å². The standard InChI is InChI=1S/C44H56O27S2/c1-19(45)56-16-30-33(59-22(4)48)36(60-23(5)49)39(63-26(8)52)42(66-30)69-34-31(17-57-20(2)46)67-43(40(64-27(9)53)37(34)61-24(6)50)70-35-32(18-58-21(3)47)68-44(41(65-28(10)54)38(35)62-25(7)51)73(55,72)71-29-14-12-11-13-15-29/h11-15,30-44H,16-18H2,1-10H3. The van der Waals surface area contributed by atoms with Gasteiger partial charge in [0.2, 0.25) is 14.2 Å². The maximum absolute atomic E-state index is 14.4. The van der Waals surface area contributed by atoms with Gasteiger partial charge < -0.3 is 75.2 Å². The van der Waals surface area contributed by atoms with E-state index in [0.29, 0.717) is 0 Å². The molecule has 0 saturated carbocycles. The Labute approximate surface area is 422 Å². The lowest BCUT2D eigenvalue weighted by Crippen LogP contribution is -2.69. The summed E-state index contributed by atoms with van der Waals surface area (Å²) in [5.74, 6) is -9.97. The summed E-state index contributed by atoms with van der Waals surface area (Å²) in [6.45, 7) is 7.37. The smallest absolute Gasteiger partial charge is 0.303 e. The number of para-hydroxylation sites is 1. The fourth-order valence-corrected chi connectivity index (χ4v) is 9.64. The van der Waals surface area contributed by atoms with Crippen molar-refractivity contribution in [3.05, 3.63) is 30.3 Å². The van der Waals surface area contributed by atoms with E-state index in [1.807, 2.05) is 0 Å². The highest BCUT2D eigenvalue weighted by atomic mass is 32.8. The van der Waals surface area contributed by atoms with Gasteiger partial charge in [0.1, 0.15) is 56.1 Å². The van der Waals surface area contributed by atoms with E-state index in [-0.39, 0.29) is 5.75 Å². The topological polar surface area (TPSA) is 335 Å². The van der Waals surface area contributed by atoms with Gasteiger partial charge in [-0.1, -0.05) is 18.2 Å². The van der Waals surface area contributed by atoms with Crippen molar-refractivity contribution in [2.45, 2.75) is 161 Å². The summed E-state index contributed by atoms with van der Waals surface area (Å²) in [7, 11) is -4.26. The number of rotatable bonds is 20. The highest BCUT2D eigenvalue weighted by molar-refractivity contribution is 8.30. The molecule has 16 unspecified atom stereocenters. The van der Waals surface area contributed by atoms with Gasteiger partial charge in [-0.15, -0.1) is 0 Å². The van der Waals surface area contributed by atoms with Crippen LogP contribution in [0.4, 0.5) is 0 Å². The molecule has 29 heteroatoms. The third kappa shape index (κ3) is 17.5. The zero-order valence-electron chi connectivity index (χ0n) is 41.0. The zero-order chi connectivity index (χ0) is 54.5. The molecule has 0 spiro atoms. The lowest BCUT2D eigenvalue weighted by molar-refractivity contribution is -0.372. The van der Waals surface area contributed by atoms with Crippen molar-refractivity contribution in [2.75, 3.05) is 19.8 Å². The highest BCUT2D eigenvalue weighted by Crippen LogP contribution is 2.39. The largest absolute Gasteiger partial charge is 0.463 e. The Balaban J connectivity index is 1.94. The van der Waals surface area contributed by atoms with E-state index >= 15 is 0 Å². The Bertz CT molecular complexity index is 2290. The first-order valence-corrected chi connectivity index (χ1v) is 24.5. The van der Waals surface area contributed by atoms with Crippen molar-refractivity contribution in [3.63, 3.8) is 0 Å². The molecule has 3 saturated heterocycles. The number of ether oxygens (including phenoxy) is 15. The summed E-state index contributed by atoms with van der Waals surface area (Å²) in [6.07, 6.45) is -26.3. The summed E-state index contributed by atoms with van der Waals surface area (Å²) in [4.78, 5) is 126. The predicted molar refractivity (Wildman–Crippen MR) is 237 cm³/mol. The molecule has 0 aromatic heterocycles. The molecule has 0 amide bonds. The molecule has 1 aromatic carbocycles. The van der Waals surface area contributed by atoms with E-state index in [1.165, 1.54) is 24.3 Å². The second-order valence-corrected chi connectivity index (χ2v) is 19.2. The Hall–Kier alpha value is -6.11. The van der Waals surface area contributed by atoms with Crippen LogP contribution in [0.5, 0.6) is 5.75 Å². The Kier molecular flexibility index (Phi) is 21.8. The van der Waals surface area contributed by atoms with Gasteiger partial charge in [-0.3, -0.25) is 47.9 Å². The predicted octanol–water partition coefficient (Wildman–Crippen LogP) is -0.117. The average molecular weight is 1080 g/mol. The fraction of sp³-hybridized carbons (Fsp3) is 0.636. The van der Waals surface area contributed by atoms with Crippen LogP contribution in [-0.4, -0.2) is 175 Å². The molecular formula is C44H56O27S2. The van der Waals surface area contributed by atoms with E-state index < -0.39 is 180 Å². The maximum atomic E-state index is 14.4. The third-order valence-corrected chi connectivity index (χ3v) is 12.2. The summed E-state index contributed by atoms with van der Waals surface area (Å²) < 4.78 is 106. The number of esters is 10. The summed E-state index contributed by atoms with van der Waals surface area (Å²) in [6, 6.07) is 7.48. The van der Waals surface area contributed by atoms with Crippen LogP contribution in [0.3, 0.4) is 0 Å². The first kappa shape index (κ1) is 59.5. The molecule has 3 aliphatic heterocycles. The molecule has 0 bridgehead atoms. The fourth-order valence-electron chi connectivity index (χ4n) is 7.65. The second-order valence-electron chi connectivity index (χ2n) is 16.1. The monoisotopic (exact) mass is 1080 g/mol. The van der Waals surface area contributed by atoms with Gasteiger partial charge in [0.05, 0.1) is 0 Å². The molecule has 4 rings (SSSR count). The number of carbonyl (C=O) groups is 10. The zero-order valence-corrected chi connectivity index (χ0v) is 42.6. The van der Waals surface area contributed by atoms with E-state index in [0.717, 1.165) is 69.2 Å². The van der Waals surface area contributed by atoms with Crippen LogP contribution in [0.1, 0.15) is 69.2 Å². The van der Waals surface area contributed by atoms with Crippen molar-refractivity contribution in [2.24, 2.45) is 0 Å². The lowest BCUT2D eigenvalue weighted by Gasteiger charge is -2.50. The number of hydrogen-bond acceptors (Lipinski definition) is 28. The molecule has 0 aliphatic carbocycles. The number of benzene rings is 1. The van der Waals surface area contributed by atoms with Crippen LogP contribution in [0.2, 0.25) is 0 Å². The Morgan fingerprint density at radius 3 is 1.08 bits per heavy atom. The molecule has 3 fully saturated rings. The molecule has 73 heavy (non-hydrogen) atoms. The van der Waals surface area contributed by atoms with E-state index in [2.05, 4.69) is 0 Å². The molecule has 0 N–H and O–H groups in total. The molecular weight excluding hydrogens is 1020 g/mol. The Morgan fingerprint density at radius 1 is 0.411 bits per heavy atom. The lowest BCUT2D eigenvalue weighted by atomic mass is 9.95. The van der Waals surface area contributed by atoms with Crippen molar-refractivity contribution >= 4 is 79.7 Å². The first-order chi connectivity index (χ1) is 34.2. The highest BCUT2D eigenvalue weighted by Gasteiger charge is 2.61. The Morgan fingerprint density at radius 2 is 0.712 bits per heavy atom. The summed E-state index contributed by atoms with van der Waals surface area (Å²) in [5.41, 5.74) is -2.00. The summed E-state index contributed by atoms with van der Waals surface area (Å²) >= 11 is 5.42. The van der Waals surface area contributed by atoms with Gasteiger partial charge in [-0.2, -0.15) is 0 Å². The van der Waals surface area contributed by atoms with Gasteiger partial charge in [-0.05, 0) is 12.1 Å². The van der Waals surface area contributed by atoms with Crippen LogP contribution in [0.15, 0.2) is 30.3 Å². The van der Waals surface area contributed by atoms with E-state index in [9.17, 15) is 52.2 Å². The first-order valence-electron chi connectivity index (χ1n) is 22.0. The van der Waals surface area contributed by atoms with Crippen LogP contribution in [0.25, 0.3) is 0 Å². The molecule has 406 valence electrons. The minimum absolute atomic E-state index is 0.0256. The summed E-state index contributed by atoms with van der Waals surface area (Å²) in [5, 5.41) is 0. The van der Waals surface area contributed by atoms with Crippen molar-refractivity contribution in [3.8, 4) is 5.75 Å². The third-order valence-electron chi connectivity index (χ3n) is 10.1. The van der Waals surface area contributed by atoms with Crippen molar-refractivity contribution in [1.29, 1.82) is 0 Å². The van der Waals surface area contributed by atoms with Crippen molar-refractivity contribution < 1.29 is 127 Å². The average Bonchev–Trinajstić information content (AvgIpc) is 3.25. The van der Waals surface area contributed by atoms with E-state index in [4.69, 9.17) is 86.4 Å². The molecule has 0 radical (unpaired) electrons. The minimum Gasteiger partial charge on any atom is -0.463 e. The van der Waals surface area contributed by atoms with Gasteiger partial charge >= 0.3 is 59.7 Å². The van der Waals surface area contributed by atoms with Crippen LogP contribution in [0, 0.1) is 0 Å². The molecule has 16 atom stereocenters. The quantitative estimate of drug-likeness (QED) is 0.121. The van der Waals surface area contributed by atoms with Gasteiger partial charge in [-0.25, -0.2) is 4.21 Å². The number of hydrogen-bond donors (Lipinski definition) is 0. The maximum Gasteiger partial charge on any atom is 0.303 e. The van der Waals surface area contributed by atoms with Crippen LogP contribution >= 0.6 is 0 Å². The minimum atomic E-state index is -4.26. The van der Waals surface area contributed by atoms with Crippen LogP contribution < -0.4 is 4.18 Å². The van der Waals surface area contributed by atoms with Gasteiger partial charge in [0.25, 0.3) is 0 Å². The second kappa shape index (κ2) is 26.7.